The zero-order valence-electron chi connectivity index (χ0n) is 10.3. The van der Waals surface area contributed by atoms with Gasteiger partial charge >= 0.3 is 5.97 Å². The lowest BCUT2D eigenvalue weighted by molar-refractivity contribution is -0.135. The van der Waals surface area contributed by atoms with Crippen molar-refractivity contribution in [3.8, 4) is 11.8 Å². The molecule has 0 atom stereocenters. The lowest BCUT2D eigenvalue weighted by Gasteiger charge is -1.98. The topological polar surface area (TPSA) is 67.9 Å². The first-order valence-corrected chi connectivity index (χ1v) is 5.55. The molecule has 0 bridgehead atoms. The Bertz CT molecular complexity index is 651. The number of hydrogen-bond donors (Lipinski definition) is 0. The standard InChI is InChI=1S/C14H11N3O2/c1-19-14(18)12(8-15)7-11-9-16-17(10-11)13-5-3-2-4-6-13/h2-7,9-10H,1H3. The average Bonchev–Trinajstić information content (AvgIpc) is 2.93. The van der Waals surface area contributed by atoms with Crippen molar-refractivity contribution >= 4 is 12.0 Å². The second-order valence-electron chi connectivity index (χ2n) is 3.72. The zero-order valence-corrected chi connectivity index (χ0v) is 10.3. The molecule has 1 aromatic carbocycles. The summed E-state index contributed by atoms with van der Waals surface area (Å²) >= 11 is 0. The van der Waals surface area contributed by atoms with E-state index in [1.165, 1.54) is 13.2 Å². The number of nitriles is 1. The summed E-state index contributed by atoms with van der Waals surface area (Å²) in [7, 11) is 1.24. The van der Waals surface area contributed by atoms with E-state index < -0.39 is 5.97 Å². The first kappa shape index (κ1) is 12.6. The van der Waals surface area contributed by atoms with Gasteiger partial charge in [-0.05, 0) is 18.2 Å². The molecule has 0 amide bonds. The van der Waals surface area contributed by atoms with E-state index in [2.05, 4.69) is 9.84 Å². The molecule has 0 aliphatic heterocycles. The highest BCUT2D eigenvalue weighted by molar-refractivity contribution is 5.97. The fourth-order valence-corrected chi connectivity index (χ4v) is 1.55. The molecule has 0 fully saturated rings. The van der Waals surface area contributed by atoms with Crippen LogP contribution in [0.5, 0.6) is 0 Å². The molecule has 5 heteroatoms. The molecular formula is C14H11N3O2. The molecule has 5 nitrogen and oxygen atoms in total. The maximum atomic E-state index is 11.3. The zero-order chi connectivity index (χ0) is 13.7. The van der Waals surface area contributed by atoms with Gasteiger partial charge in [0.05, 0.1) is 19.0 Å². The fourth-order valence-electron chi connectivity index (χ4n) is 1.55. The quantitative estimate of drug-likeness (QED) is 0.476. The van der Waals surface area contributed by atoms with Crippen LogP contribution in [0.2, 0.25) is 0 Å². The highest BCUT2D eigenvalue weighted by atomic mass is 16.5. The summed E-state index contributed by atoms with van der Waals surface area (Å²) in [6, 6.07) is 11.3. The molecule has 2 rings (SSSR count). The van der Waals surface area contributed by atoms with E-state index in [0.717, 1.165) is 5.69 Å². The Labute approximate surface area is 110 Å². The highest BCUT2D eigenvalue weighted by Gasteiger charge is 2.09. The number of hydrogen-bond acceptors (Lipinski definition) is 4. The summed E-state index contributed by atoms with van der Waals surface area (Å²) in [5, 5.41) is 13.0. The Morgan fingerprint density at radius 1 is 1.42 bits per heavy atom. The summed E-state index contributed by atoms with van der Waals surface area (Å²) in [5.41, 5.74) is 1.50. The van der Waals surface area contributed by atoms with Crippen LogP contribution in [0.25, 0.3) is 11.8 Å². The van der Waals surface area contributed by atoms with Crippen molar-refractivity contribution in [1.82, 2.24) is 9.78 Å². The lowest BCUT2D eigenvalue weighted by atomic mass is 10.2. The number of aromatic nitrogens is 2. The van der Waals surface area contributed by atoms with Crippen LogP contribution >= 0.6 is 0 Å². The van der Waals surface area contributed by atoms with Crippen molar-refractivity contribution in [2.24, 2.45) is 0 Å². The van der Waals surface area contributed by atoms with Crippen LogP contribution in [0, 0.1) is 11.3 Å². The third kappa shape index (κ3) is 2.87. The monoisotopic (exact) mass is 253 g/mol. The predicted octanol–water partition coefficient (Wildman–Crippen LogP) is 1.95. The van der Waals surface area contributed by atoms with Crippen molar-refractivity contribution in [3.63, 3.8) is 0 Å². The van der Waals surface area contributed by atoms with E-state index >= 15 is 0 Å². The van der Waals surface area contributed by atoms with E-state index in [0.29, 0.717) is 5.56 Å². The minimum Gasteiger partial charge on any atom is -0.465 e. The van der Waals surface area contributed by atoms with Crippen LogP contribution in [0.3, 0.4) is 0 Å². The van der Waals surface area contributed by atoms with Crippen LogP contribution in [0.15, 0.2) is 48.3 Å². The molecule has 19 heavy (non-hydrogen) atoms. The van der Waals surface area contributed by atoms with Gasteiger partial charge in [-0.1, -0.05) is 18.2 Å². The van der Waals surface area contributed by atoms with Crippen LogP contribution in [0.1, 0.15) is 5.56 Å². The second kappa shape index (κ2) is 5.65. The molecule has 0 saturated carbocycles. The molecule has 0 radical (unpaired) electrons. The minimum absolute atomic E-state index is 0.0601. The third-order valence-electron chi connectivity index (χ3n) is 2.46. The number of carbonyl (C=O) groups excluding carboxylic acids is 1. The summed E-state index contributed by atoms with van der Waals surface area (Å²) in [6.07, 6.45) is 4.75. The van der Waals surface area contributed by atoms with E-state index in [9.17, 15) is 4.79 Å². The van der Waals surface area contributed by atoms with Gasteiger partial charge in [-0.15, -0.1) is 0 Å². The predicted molar refractivity (Wildman–Crippen MR) is 69.2 cm³/mol. The van der Waals surface area contributed by atoms with Gasteiger partial charge in [0.25, 0.3) is 0 Å². The number of carbonyl (C=O) groups is 1. The Morgan fingerprint density at radius 2 is 2.16 bits per heavy atom. The average molecular weight is 253 g/mol. The fraction of sp³-hybridized carbons (Fsp3) is 0.0714. The largest absolute Gasteiger partial charge is 0.465 e. The first-order valence-electron chi connectivity index (χ1n) is 5.55. The Kier molecular flexibility index (Phi) is 3.74. The van der Waals surface area contributed by atoms with Gasteiger partial charge < -0.3 is 4.74 Å². The van der Waals surface area contributed by atoms with Gasteiger partial charge in [-0.25, -0.2) is 9.48 Å². The van der Waals surface area contributed by atoms with E-state index in [-0.39, 0.29) is 5.57 Å². The molecule has 2 aromatic rings. The van der Waals surface area contributed by atoms with Crippen LogP contribution < -0.4 is 0 Å². The summed E-state index contributed by atoms with van der Waals surface area (Å²) in [4.78, 5) is 11.3. The molecule has 1 aromatic heterocycles. The third-order valence-corrected chi connectivity index (χ3v) is 2.46. The van der Waals surface area contributed by atoms with Crippen LogP contribution in [0.4, 0.5) is 0 Å². The Morgan fingerprint density at radius 3 is 2.79 bits per heavy atom. The van der Waals surface area contributed by atoms with Crippen molar-refractivity contribution in [2.75, 3.05) is 7.11 Å². The van der Waals surface area contributed by atoms with Crippen molar-refractivity contribution in [3.05, 3.63) is 53.9 Å². The molecule has 0 aliphatic carbocycles. The summed E-state index contributed by atoms with van der Waals surface area (Å²) in [5.74, 6) is -0.657. The highest BCUT2D eigenvalue weighted by Crippen LogP contribution is 2.11. The smallest absolute Gasteiger partial charge is 0.348 e. The van der Waals surface area contributed by atoms with E-state index in [1.54, 1.807) is 23.1 Å². The van der Waals surface area contributed by atoms with E-state index in [1.807, 2.05) is 30.3 Å². The minimum atomic E-state index is -0.657. The Balaban J connectivity index is 2.30. The van der Waals surface area contributed by atoms with Crippen LogP contribution in [-0.4, -0.2) is 22.9 Å². The molecule has 1 heterocycles. The molecule has 0 aliphatic rings. The SMILES string of the molecule is COC(=O)C(C#N)=Cc1cnn(-c2ccccc2)c1. The normalized spacial score (nSPS) is 10.8. The van der Waals surface area contributed by atoms with Crippen molar-refractivity contribution < 1.29 is 9.53 Å². The summed E-state index contributed by atoms with van der Waals surface area (Å²) in [6.45, 7) is 0. The molecule has 0 saturated heterocycles. The number of benzene rings is 1. The number of ether oxygens (including phenoxy) is 1. The molecule has 0 N–H and O–H groups in total. The number of methoxy groups -OCH3 is 1. The second-order valence-corrected chi connectivity index (χ2v) is 3.72. The van der Waals surface area contributed by atoms with Gasteiger partial charge in [-0.3, -0.25) is 0 Å². The van der Waals surface area contributed by atoms with Crippen LogP contribution in [-0.2, 0) is 9.53 Å². The number of esters is 1. The van der Waals surface area contributed by atoms with Gasteiger partial charge in [0.2, 0.25) is 0 Å². The lowest BCUT2D eigenvalue weighted by Crippen LogP contribution is -2.02. The van der Waals surface area contributed by atoms with Gasteiger partial charge in [0.1, 0.15) is 11.6 Å². The van der Waals surface area contributed by atoms with Crippen molar-refractivity contribution in [2.45, 2.75) is 0 Å². The van der Waals surface area contributed by atoms with Crippen molar-refractivity contribution in [1.29, 1.82) is 5.26 Å². The molecule has 0 unspecified atom stereocenters. The number of nitrogens with zero attached hydrogens (tertiary/aromatic N) is 3. The Hall–Kier alpha value is -2.87. The first-order chi connectivity index (χ1) is 9.24. The van der Waals surface area contributed by atoms with Gasteiger partial charge in [0.15, 0.2) is 0 Å². The van der Waals surface area contributed by atoms with E-state index in [4.69, 9.17) is 5.26 Å². The molecule has 0 spiro atoms. The number of para-hydroxylation sites is 1. The van der Waals surface area contributed by atoms with Gasteiger partial charge in [0, 0.05) is 11.8 Å². The molecule has 94 valence electrons. The number of rotatable bonds is 3. The van der Waals surface area contributed by atoms with Gasteiger partial charge in [-0.2, -0.15) is 10.4 Å². The maximum absolute atomic E-state index is 11.3. The summed E-state index contributed by atoms with van der Waals surface area (Å²) < 4.78 is 6.17. The molecular weight excluding hydrogens is 242 g/mol. The maximum Gasteiger partial charge on any atom is 0.348 e.